The van der Waals surface area contributed by atoms with Gasteiger partial charge in [-0.15, -0.1) is 0 Å². The van der Waals surface area contributed by atoms with Gasteiger partial charge < -0.3 is 5.73 Å². The molecular weight excluding hydrogens is 258 g/mol. The molecule has 5 heteroatoms. The van der Waals surface area contributed by atoms with Crippen LogP contribution in [0.25, 0.3) is 0 Å². The third-order valence-electron chi connectivity index (χ3n) is 2.95. The van der Waals surface area contributed by atoms with Crippen LogP contribution in [-0.2, 0) is 19.0 Å². The van der Waals surface area contributed by atoms with E-state index in [4.69, 9.17) is 5.73 Å². The van der Waals surface area contributed by atoms with E-state index in [9.17, 15) is 17.6 Å². The van der Waals surface area contributed by atoms with Gasteiger partial charge in [0.15, 0.2) is 0 Å². The van der Waals surface area contributed by atoms with Crippen molar-refractivity contribution in [2.45, 2.75) is 51.7 Å². The fraction of sp³-hybridized carbons (Fsp3) is 0.571. The van der Waals surface area contributed by atoms with Crippen molar-refractivity contribution >= 4 is 0 Å². The molecule has 0 atom stereocenters. The standard InChI is InChI=1S/C14H19F4N/c1-4-10-7-9(5-6-13(2,3)19)8-11(12(10)15)14(16,17)18/h7-8H,4-6,19H2,1-3H3. The van der Waals surface area contributed by atoms with E-state index >= 15 is 0 Å². The fourth-order valence-corrected chi connectivity index (χ4v) is 1.82. The first-order valence-corrected chi connectivity index (χ1v) is 6.22. The van der Waals surface area contributed by atoms with Crippen molar-refractivity contribution in [3.05, 3.63) is 34.6 Å². The largest absolute Gasteiger partial charge is 0.419 e. The molecule has 0 aliphatic carbocycles. The number of aryl methyl sites for hydroxylation is 2. The van der Waals surface area contributed by atoms with Gasteiger partial charge in [0, 0.05) is 5.54 Å². The van der Waals surface area contributed by atoms with Crippen LogP contribution in [0.2, 0.25) is 0 Å². The second kappa shape index (κ2) is 5.49. The summed E-state index contributed by atoms with van der Waals surface area (Å²) in [6.07, 6.45) is -3.49. The van der Waals surface area contributed by atoms with E-state index in [1.54, 1.807) is 6.92 Å². The van der Waals surface area contributed by atoms with Gasteiger partial charge in [-0.3, -0.25) is 0 Å². The summed E-state index contributed by atoms with van der Waals surface area (Å²) in [4.78, 5) is 0. The molecule has 0 fully saturated rings. The minimum Gasteiger partial charge on any atom is -0.326 e. The first kappa shape index (κ1) is 16.0. The molecule has 0 amide bonds. The zero-order valence-electron chi connectivity index (χ0n) is 11.4. The molecule has 0 heterocycles. The molecule has 0 aliphatic rings. The monoisotopic (exact) mass is 277 g/mol. The third kappa shape index (κ3) is 4.49. The van der Waals surface area contributed by atoms with Crippen molar-refractivity contribution in [2.75, 3.05) is 0 Å². The van der Waals surface area contributed by atoms with Crippen molar-refractivity contribution in [1.82, 2.24) is 0 Å². The maximum atomic E-state index is 13.7. The average molecular weight is 277 g/mol. The highest BCUT2D eigenvalue weighted by atomic mass is 19.4. The summed E-state index contributed by atoms with van der Waals surface area (Å²) in [6.45, 7) is 5.25. The Morgan fingerprint density at radius 3 is 2.16 bits per heavy atom. The van der Waals surface area contributed by atoms with Gasteiger partial charge in [0.1, 0.15) is 5.82 Å². The molecular formula is C14H19F4N. The Morgan fingerprint density at radius 1 is 1.16 bits per heavy atom. The molecule has 0 unspecified atom stereocenters. The van der Waals surface area contributed by atoms with E-state index in [-0.39, 0.29) is 12.0 Å². The molecule has 0 saturated heterocycles. The molecule has 1 rings (SSSR count). The molecule has 2 N–H and O–H groups in total. The van der Waals surface area contributed by atoms with E-state index in [2.05, 4.69) is 0 Å². The van der Waals surface area contributed by atoms with Crippen LogP contribution < -0.4 is 5.73 Å². The smallest absolute Gasteiger partial charge is 0.326 e. The van der Waals surface area contributed by atoms with Gasteiger partial charge >= 0.3 is 6.18 Å². The third-order valence-corrected chi connectivity index (χ3v) is 2.95. The van der Waals surface area contributed by atoms with Crippen LogP contribution in [0.1, 0.15) is 43.9 Å². The molecule has 108 valence electrons. The van der Waals surface area contributed by atoms with E-state index in [0.29, 0.717) is 18.4 Å². The maximum absolute atomic E-state index is 13.7. The van der Waals surface area contributed by atoms with E-state index in [1.807, 2.05) is 13.8 Å². The van der Waals surface area contributed by atoms with Crippen molar-refractivity contribution in [3.63, 3.8) is 0 Å². The lowest BCUT2D eigenvalue weighted by Crippen LogP contribution is -2.32. The van der Waals surface area contributed by atoms with Crippen LogP contribution in [0.4, 0.5) is 17.6 Å². The van der Waals surface area contributed by atoms with E-state index < -0.39 is 23.1 Å². The molecule has 0 saturated carbocycles. The molecule has 0 aromatic heterocycles. The first-order chi connectivity index (χ1) is 8.54. The van der Waals surface area contributed by atoms with Crippen molar-refractivity contribution in [2.24, 2.45) is 5.73 Å². The molecule has 0 aliphatic heterocycles. The summed E-state index contributed by atoms with van der Waals surface area (Å²) < 4.78 is 51.9. The number of alkyl halides is 3. The minimum absolute atomic E-state index is 0.0969. The van der Waals surface area contributed by atoms with Crippen LogP contribution in [-0.4, -0.2) is 5.54 Å². The normalized spacial score (nSPS) is 12.8. The summed E-state index contributed by atoms with van der Waals surface area (Å²) in [5.74, 6) is -1.16. The SMILES string of the molecule is CCc1cc(CCC(C)(C)N)cc(C(F)(F)F)c1F. The number of nitrogens with two attached hydrogens (primary N) is 1. The van der Waals surface area contributed by atoms with Gasteiger partial charge in [0.2, 0.25) is 0 Å². The first-order valence-electron chi connectivity index (χ1n) is 6.22. The van der Waals surface area contributed by atoms with Crippen LogP contribution >= 0.6 is 0 Å². The molecule has 1 aromatic rings. The van der Waals surface area contributed by atoms with E-state index in [0.717, 1.165) is 6.07 Å². The quantitative estimate of drug-likeness (QED) is 0.825. The van der Waals surface area contributed by atoms with Gasteiger partial charge in [0.25, 0.3) is 0 Å². The predicted octanol–water partition coefficient (Wildman–Crippen LogP) is 4.08. The van der Waals surface area contributed by atoms with Crippen molar-refractivity contribution < 1.29 is 17.6 Å². The van der Waals surface area contributed by atoms with Crippen molar-refractivity contribution in [1.29, 1.82) is 0 Å². The molecule has 1 aromatic carbocycles. The van der Waals surface area contributed by atoms with Crippen molar-refractivity contribution in [3.8, 4) is 0 Å². The van der Waals surface area contributed by atoms with Gasteiger partial charge in [-0.25, -0.2) is 4.39 Å². The second-order valence-electron chi connectivity index (χ2n) is 5.46. The van der Waals surface area contributed by atoms with Gasteiger partial charge in [-0.1, -0.05) is 13.0 Å². The van der Waals surface area contributed by atoms with Crippen LogP contribution in [0, 0.1) is 5.82 Å². The van der Waals surface area contributed by atoms with Gasteiger partial charge in [-0.2, -0.15) is 13.2 Å². The van der Waals surface area contributed by atoms with Gasteiger partial charge in [-0.05, 0) is 50.3 Å². The summed E-state index contributed by atoms with van der Waals surface area (Å²) in [6, 6.07) is 2.39. The Balaban J connectivity index is 3.14. The number of hydrogen-bond acceptors (Lipinski definition) is 1. The molecule has 1 nitrogen and oxygen atoms in total. The topological polar surface area (TPSA) is 26.0 Å². The minimum atomic E-state index is -4.66. The number of benzene rings is 1. The maximum Gasteiger partial charge on any atom is 0.419 e. The summed E-state index contributed by atoms with van der Waals surface area (Å²) >= 11 is 0. The Morgan fingerprint density at radius 2 is 1.74 bits per heavy atom. The van der Waals surface area contributed by atoms with E-state index in [1.165, 1.54) is 6.07 Å². The Kier molecular flexibility index (Phi) is 4.61. The highest BCUT2D eigenvalue weighted by Crippen LogP contribution is 2.34. The zero-order valence-corrected chi connectivity index (χ0v) is 11.4. The van der Waals surface area contributed by atoms with Crippen LogP contribution in [0.5, 0.6) is 0 Å². The Bertz CT molecular complexity index is 444. The molecule has 0 spiro atoms. The lowest BCUT2D eigenvalue weighted by molar-refractivity contribution is -0.140. The summed E-state index contributed by atoms with van der Waals surface area (Å²) in [5, 5.41) is 0. The van der Waals surface area contributed by atoms with Crippen LogP contribution in [0.3, 0.4) is 0 Å². The lowest BCUT2D eigenvalue weighted by Gasteiger charge is -2.19. The summed E-state index contributed by atoms with van der Waals surface area (Å²) in [5.41, 5.74) is 4.74. The highest BCUT2D eigenvalue weighted by Gasteiger charge is 2.35. The number of hydrogen-bond donors (Lipinski definition) is 1. The van der Waals surface area contributed by atoms with Crippen LogP contribution in [0.15, 0.2) is 12.1 Å². The highest BCUT2D eigenvalue weighted by molar-refractivity contribution is 5.34. The fourth-order valence-electron chi connectivity index (χ4n) is 1.82. The molecule has 0 radical (unpaired) electrons. The second-order valence-corrected chi connectivity index (χ2v) is 5.46. The predicted molar refractivity (Wildman–Crippen MR) is 67.4 cm³/mol. The Hall–Kier alpha value is -1.10. The summed E-state index contributed by atoms with van der Waals surface area (Å²) in [7, 11) is 0. The molecule has 19 heavy (non-hydrogen) atoms. The number of rotatable bonds is 4. The number of halogens is 4. The Labute approximate surface area is 110 Å². The van der Waals surface area contributed by atoms with Gasteiger partial charge in [0.05, 0.1) is 5.56 Å². The lowest BCUT2D eigenvalue weighted by atomic mass is 9.94. The zero-order chi connectivity index (χ0) is 14.8. The average Bonchev–Trinajstić information content (AvgIpc) is 2.25. The molecule has 0 bridgehead atoms.